The lowest BCUT2D eigenvalue weighted by Crippen LogP contribution is -2.28. The largest absolute Gasteiger partial charge is 0.347 e. The fraction of sp³-hybridized carbons (Fsp3) is 0.400. The Hall–Kier alpha value is -2.71. The molecule has 0 atom stereocenters. The zero-order valence-corrected chi connectivity index (χ0v) is 18.0. The highest BCUT2D eigenvalue weighted by Gasteiger charge is 2.16. The van der Waals surface area contributed by atoms with Crippen LogP contribution in [0, 0.1) is 0 Å². The van der Waals surface area contributed by atoms with E-state index in [9.17, 15) is 9.59 Å². The van der Waals surface area contributed by atoms with Crippen LogP contribution >= 0.6 is 11.6 Å². The first-order valence-corrected chi connectivity index (χ1v) is 9.81. The molecule has 2 N–H and O–H groups in total. The van der Waals surface area contributed by atoms with Gasteiger partial charge in [0.1, 0.15) is 0 Å². The van der Waals surface area contributed by atoms with E-state index in [-0.39, 0.29) is 29.1 Å². The number of aromatic nitrogens is 2. The Morgan fingerprint density at radius 2 is 1.90 bits per heavy atom. The van der Waals surface area contributed by atoms with Crippen molar-refractivity contribution < 1.29 is 9.59 Å². The Morgan fingerprint density at radius 1 is 1.17 bits per heavy atom. The fourth-order valence-electron chi connectivity index (χ4n) is 2.69. The molecule has 8 nitrogen and oxygen atoms in total. The van der Waals surface area contributed by atoms with Gasteiger partial charge in [0, 0.05) is 25.3 Å². The molecule has 1 aromatic heterocycles. The summed E-state index contributed by atoms with van der Waals surface area (Å²) in [5.41, 5.74) is 1.65. The van der Waals surface area contributed by atoms with E-state index < -0.39 is 0 Å². The van der Waals surface area contributed by atoms with E-state index in [1.807, 2.05) is 51.0 Å². The second-order valence-corrected chi connectivity index (χ2v) is 7.12. The standard InChI is InChI=1S/C20H27ClN6O2/c1-5-27(6-2)20-23-12-16(21)18(25-20)19(29)22-11-14-8-7-9-15(10-14)24-17(28)13-26(3)4/h7-10,12H,5-6,11,13H2,1-4H3,(H,22,29)(H,24,28). The highest BCUT2D eigenvalue weighted by atomic mass is 35.5. The molecule has 0 unspecified atom stereocenters. The molecule has 0 spiro atoms. The molecule has 2 aromatic rings. The summed E-state index contributed by atoms with van der Waals surface area (Å²) in [6.45, 7) is 6.01. The second kappa shape index (κ2) is 10.7. The molecule has 0 aliphatic heterocycles. The highest BCUT2D eigenvalue weighted by molar-refractivity contribution is 6.33. The number of hydrogen-bond donors (Lipinski definition) is 2. The van der Waals surface area contributed by atoms with E-state index in [0.29, 0.717) is 18.2 Å². The van der Waals surface area contributed by atoms with Gasteiger partial charge in [-0.15, -0.1) is 0 Å². The molecule has 0 fully saturated rings. The number of nitrogens with zero attached hydrogens (tertiary/aromatic N) is 4. The Balaban J connectivity index is 2.05. The molecule has 0 radical (unpaired) electrons. The number of hydrogen-bond acceptors (Lipinski definition) is 6. The average Bonchev–Trinajstić information content (AvgIpc) is 2.68. The van der Waals surface area contributed by atoms with Gasteiger partial charge in [-0.2, -0.15) is 0 Å². The monoisotopic (exact) mass is 418 g/mol. The van der Waals surface area contributed by atoms with E-state index in [2.05, 4.69) is 20.6 Å². The van der Waals surface area contributed by atoms with E-state index >= 15 is 0 Å². The van der Waals surface area contributed by atoms with Crippen molar-refractivity contribution in [2.75, 3.05) is 43.9 Å². The lowest BCUT2D eigenvalue weighted by Gasteiger charge is -2.19. The first kappa shape index (κ1) is 22.6. The predicted molar refractivity (Wildman–Crippen MR) is 115 cm³/mol. The number of nitrogens with one attached hydrogen (secondary N) is 2. The first-order chi connectivity index (χ1) is 13.8. The maximum Gasteiger partial charge on any atom is 0.271 e. The number of carbonyl (C=O) groups is 2. The topological polar surface area (TPSA) is 90.5 Å². The van der Waals surface area contributed by atoms with Crippen LogP contribution in [0.1, 0.15) is 29.9 Å². The maximum atomic E-state index is 12.6. The fourth-order valence-corrected chi connectivity index (χ4v) is 2.87. The molecule has 29 heavy (non-hydrogen) atoms. The summed E-state index contributed by atoms with van der Waals surface area (Å²) in [4.78, 5) is 36.7. The van der Waals surface area contributed by atoms with Gasteiger partial charge in [-0.25, -0.2) is 9.97 Å². The Kier molecular flexibility index (Phi) is 8.35. The van der Waals surface area contributed by atoms with Crippen LogP contribution < -0.4 is 15.5 Å². The minimum Gasteiger partial charge on any atom is -0.347 e. The van der Waals surface area contributed by atoms with E-state index in [4.69, 9.17) is 11.6 Å². The molecule has 1 heterocycles. The number of rotatable bonds is 9. The number of carbonyl (C=O) groups excluding carboxylic acids is 2. The van der Waals surface area contributed by atoms with Crippen LogP contribution in [0.25, 0.3) is 0 Å². The Morgan fingerprint density at radius 3 is 2.55 bits per heavy atom. The molecular weight excluding hydrogens is 392 g/mol. The summed E-state index contributed by atoms with van der Waals surface area (Å²) < 4.78 is 0. The second-order valence-electron chi connectivity index (χ2n) is 6.71. The van der Waals surface area contributed by atoms with Gasteiger partial charge in [-0.3, -0.25) is 9.59 Å². The van der Waals surface area contributed by atoms with Crippen LogP contribution in [0.15, 0.2) is 30.5 Å². The number of likely N-dealkylation sites (N-methyl/N-ethyl adjacent to an activating group) is 1. The van der Waals surface area contributed by atoms with Crippen molar-refractivity contribution in [1.29, 1.82) is 0 Å². The minimum atomic E-state index is -0.382. The predicted octanol–water partition coefficient (Wildman–Crippen LogP) is 2.41. The summed E-state index contributed by atoms with van der Waals surface area (Å²) in [7, 11) is 3.66. The van der Waals surface area contributed by atoms with Gasteiger partial charge in [-0.05, 0) is 45.6 Å². The molecule has 156 valence electrons. The van der Waals surface area contributed by atoms with Gasteiger partial charge in [0.25, 0.3) is 5.91 Å². The molecule has 0 bridgehead atoms. The number of anilines is 2. The highest BCUT2D eigenvalue weighted by Crippen LogP contribution is 2.17. The molecule has 0 saturated carbocycles. The first-order valence-electron chi connectivity index (χ1n) is 9.43. The molecule has 0 aliphatic carbocycles. The molecule has 2 amide bonds. The van der Waals surface area contributed by atoms with Gasteiger partial charge >= 0.3 is 0 Å². The van der Waals surface area contributed by atoms with Crippen LogP contribution in [0.3, 0.4) is 0 Å². The zero-order valence-electron chi connectivity index (χ0n) is 17.2. The smallest absolute Gasteiger partial charge is 0.271 e. The SMILES string of the molecule is CCN(CC)c1ncc(Cl)c(C(=O)NCc2cccc(NC(=O)CN(C)C)c2)n1. The summed E-state index contributed by atoms with van der Waals surface area (Å²) in [5.74, 6) is -0.0177. The van der Waals surface area contributed by atoms with Crippen LogP contribution in [0.5, 0.6) is 0 Å². The molecule has 0 aliphatic rings. The lowest BCUT2D eigenvalue weighted by atomic mass is 10.2. The van der Waals surface area contributed by atoms with Gasteiger partial charge in [0.15, 0.2) is 5.69 Å². The lowest BCUT2D eigenvalue weighted by molar-refractivity contribution is -0.116. The van der Waals surface area contributed by atoms with E-state index in [1.54, 1.807) is 11.0 Å². The van der Waals surface area contributed by atoms with E-state index in [0.717, 1.165) is 18.7 Å². The number of amides is 2. The third-order valence-electron chi connectivity index (χ3n) is 4.12. The van der Waals surface area contributed by atoms with Crippen molar-refractivity contribution in [3.63, 3.8) is 0 Å². The quantitative estimate of drug-likeness (QED) is 0.649. The molecule has 1 aromatic carbocycles. The maximum absolute atomic E-state index is 12.6. The van der Waals surface area contributed by atoms with Crippen LogP contribution in [-0.4, -0.2) is 60.4 Å². The van der Waals surface area contributed by atoms with Crippen molar-refractivity contribution in [1.82, 2.24) is 20.2 Å². The molecule has 9 heteroatoms. The molecular formula is C20H27ClN6O2. The third kappa shape index (κ3) is 6.69. The number of benzene rings is 1. The summed E-state index contributed by atoms with van der Waals surface area (Å²) in [6, 6.07) is 7.31. The van der Waals surface area contributed by atoms with Crippen molar-refractivity contribution in [2.45, 2.75) is 20.4 Å². The number of halogens is 1. The minimum absolute atomic E-state index is 0.104. The molecule has 2 rings (SSSR count). The zero-order chi connectivity index (χ0) is 21.4. The summed E-state index contributed by atoms with van der Waals surface area (Å²) >= 11 is 6.13. The van der Waals surface area contributed by atoms with Crippen LogP contribution in [0.2, 0.25) is 5.02 Å². The van der Waals surface area contributed by atoms with Crippen LogP contribution in [0.4, 0.5) is 11.6 Å². The van der Waals surface area contributed by atoms with Gasteiger partial charge < -0.3 is 20.4 Å². The Labute approximate surface area is 176 Å². The normalized spacial score (nSPS) is 10.7. The van der Waals surface area contributed by atoms with E-state index in [1.165, 1.54) is 6.20 Å². The summed E-state index contributed by atoms with van der Waals surface area (Å²) in [5, 5.41) is 5.85. The molecule has 0 saturated heterocycles. The van der Waals surface area contributed by atoms with Gasteiger partial charge in [-0.1, -0.05) is 23.7 Å². The summed E-state index contributed by atoms with van der Waals surface area (Å²) in [6.07, 6.45) is 1.44. The Bertz CT molecular complexity index is 855. The van der Waals surface area contributed by atoms with Crippen LogP contribution in [-0.2, 0) is 11.3 Å². The van der Waals surface area contributed by atoms with Crippen molar-refractivity contribution in [3.8, 4) is 0 Å². The van der Waals surface area contributed by atoms with Crippen molar-refractivity contribution >= 4 is 35.1 Å². The van der Waals surface area contributed by atoms with Gasteiger partial charge in [0.05, 0.1) is 17.8 Å². The van der Waals surface area contributed by atoms with Crippen molar-refractivity contribution in [2.24, 2.45) is 0 Å². The van der Waals surface area contributed by atoms with Crippen molar-refractivity contribution in [3.05, 3.63) is 46.7 Å². The third-order valence-corrected chi connectivity index (χ3v) is 4.39. The van der Waals surface area contributed by atoms with Gasteiger partial charge in [0.2, 0.25) is 11.9 Å². The average molecular weight is 419 g/mol.